The van der Waals surface area contributed by atoms with Crippen molar-refractivity contribution >= 4 is 35.9 Å². The fraction of sp³-hybridized carbons (Fsp3) is 0.489. The average molecular weight is 896 g/mol. The molecule has 3 aromatic carbocycles. The Labute approximate surface area is 372 Å². The molecule has 1 unspecified atom stereocenters. The Morgan fingerprint density at radius 3 is 1.91 bits per heavy atom. The van der Waals surface area contributed by atoms with Gasteiger partial charge in [0.15, 0.2) is 0 Å². The molecule has 5 atom stereocenters. The third-order valence-electron chi connectivity index (χ3n) is 10.6. The summed E-state index contributed by atoms with van der Waals surface area (Å²) in [7, 11) is 0. The van der Waals surface area contributed by atoms with Crippen LogP contribution in [-0.2, 0) is 59.2 Å². The summed E-state index contributed by atoms with van der Waals surface area (Å²) in [4.78, 5) is 82.7. The van der Waals surface area contributed by atoms with Gasteiger partial charge in [-0.3, -0.25) is 14.4 Å². The van der Waals surface area contributed by atoms with Crippen LogP contribution in [0.25, 0.3) is 0 Å². The molecule has 0 aliphatic carbocycles. The first-order valence-electron chi connectivity index (χ1n) is 21.6. The van der Waals surface area contributed by atoms with Gasteiger partial charge in [0.2, 0.25) is 17.7 Å². The highest BCUT2D eigenvalue weighted by atomic mass is 19.4. The molecule has 64 heavy (non-hydrogen) atoms. The Bertz CT molecular complexity index is 2000. The zero-order valence-electron chi connectivity index (χ0n) is 37.0. The van der Waals surface area contributed by atoms with Crippen molar-refractivity contribution in [2.75, 3.05) is 13.1 Å². The topological polar surface area (TPSA) is 181 Å². The Morgan fingerprint density at radius 1 is 0.734 bits per heavy atom. The molecule has 1 fully saturated rings. The molecule has 1 saturated heterocycles. The van der Waals surface area contributed by atoms with Crippen LogP contribution >= 0.6 is 0 Å². The van der Waals surface area contributed by atoms with Crippen LogP contribution in [0.4, 0.5) is 22.8 Å². The first-order chi connectivity index (χ1) is 30.3. The summed E-state index contributed by atoms with van der Waals surface area (Å²) >= 11 is 0. The quantitative estimate of drug-likeness (QED) is 0.0528. The van der Waals surface area contributed by atoms with Crippen LogP contribution in [0.2, 0.25) is 0 Å². The number of rotatable bonds is 20. The van der Waals surface area contributed by atoms with Crippen LogP contribution < -0.4 is 21.3 Å². The summed E-state index contributed by atoms with van der Waals surface area (Å²) in [5.74, 6) is -3.19. The number of nitrogens with one attached hydrogen (secondary N) is 4. The smallest absolute Gasteiger partial charge is 0.416 e. The van der Waals surface area contributed by atoms with Crippen LogP contribution in [0.3, 0.4) is 0 Å². The number of alkyl halides is 3. The van der Waals surface area contributed by atoms with E-state index in [0.29, 0.717) is 37.7 Å². The largest absolute Gasteiger partial charge is 0.459 e. The molecule has 3 aromatic rings. The molecule has 1 aliphatic heterocycles. The summed E-state index contributed by atoms with van der Waals surface area (Å²) in [5.41, 5.74) is 0.103. The number of nitrogens with zero attached hydrogens (tertiary/aromatic N) is 1. The number of halogens is 3. The molecule has 0 bridgehead atoms. The molecule has 4 rings (SSSR count). The van der Waals surface area contributed by atoms with Gasteiger partial charge in [-0.15, -0.1) is 0 Å². The monoisotopic (exact) mass is 895 g/mol. The standard InChI is InChI=1S/C47H60F3N5O9/c1-6-31(2)39(42(58)55-27-15-21-38(55)43(59)62-29-33-16-9-7-10-17-33)54-41(57)37(28-32-22-24-35(25-23-32)47(48,49)50)52-40(56)36(20-13-14-26-51-44(60)64-46(3,4)5)53-45(61)63-30-34-18-11-8-12-19-34/h7-12,16-19,22-25,31,36-39H,6,13-15,20-21,26-30H2,1-5H3,(H,51,60)(H,52,56)(H,53,61)(H,54,57)/t31?,36-,37+,38+,39+/m0/s1. The fourth-order valence-corrected chi connectivity index (χ4v) is 6.92. The number of hydrogen-bond donors (Lipinski definition) is 4. The highest BCUT2D eigenvalue weighted by Crippen LogP contribution is 2.29. The van der Waals surface area contributed by atoms with Crippen molar-refractivity contribution in [3.05, 3.63) is 107 Å². The Morgan fingerprint density at radius 2 is 1.33 bits per heavy atom. The Balaban J connectivity index is 1.55. The molecule has 0 saturated carbocycles. The molecule has 17 heteroatoms. The van der Waals surface area contributed by atoms with Gasteiger partial charge in [0.05, 0.1) is 5.56 Å². The number of carbonyl (C=O) groups excluding carboxylic acids is 6. The Kier molecular flexibility index (Phi) is 19.0. The van der Waals surface area contributed by atoms with Crippen LogP contribution in [0.15, 0.2) is 84.9 Å². The summed E-state index contributed by atoms with van der Waals surface area (Å²) in [6, 6.07) is 17.2. The van der Waals surface area contributed by atoms with Gasteiger partial charge in [-0.25, -0.2) is 14.4 Å². The second-order valence-electron chi connectivity index (χ2n) is 16.8. The normalized spacial score (nSPS) is 15.8. The van der Waals surface area contributed by atoms with E-state index < -0.39 is 83.3 Å². The van der Waals surface area contributed by atoms with E-state index >= 15 is 0 Å². The maximum atomic E-state index is 14.4. The fourth-order valence-electron chi connectivity index (χ4n) is 6.92. The third kappa shape index (κ3) is 16.5. The lowest BCUT2D eigenvalue weighted by Gasteiger charge is -2.32. The molecular formula is C47H60F3N5O9. The number of esters is 1. The minimum Gasteiger partial charge on any atom is -0.459 e. The molecule has 1 heterocycles. The van der Waals surface area contributed by atoms with E-state index in [1.54, 1.807) is 58.0 Å². The second kappa shape index (κ2) is 24.1. The first-order valence-corrected chi connectivity index (χ1v) is 21.6. The highest BCUT2D eigenvalue weighted by Gasteiger charge is 2.41. The average Bonchev–Trinajstić information content (AvgIpc) is 3.76. The molecule has 0 spiro atoms. The van der Waals surface area contributed by atoms with E-state index in [2.05, 4.69) is 21.3 Å². The number of ether oxygens (including phenoxy) is 3. The lowest BCUT2D eigenvalue weighted by atomic mass is 9.96. The minimum absolute atomic E-state index is 0.0125. The van der Waals surface area contributed by atoms with Crippen LogP contribution in [0, 0.1) is 5.92 Å². The van der Waals surface area contributed by atoms with Gasteiger partial charge in [0.25, 0.3) is 0 Å². The molecule has 5 amide bonds. The van der Waals surface area contributed by atoms with Crippen LogP contribution in [0.5, 0.6) is 0 Å². The van der Waals surface area contributed by atoms with Crippen molar-refractivity contribution < 1.29 is 56.1 Å². The minimum atomic E-state index is -4.62. The molecule has 0 aromatic heterocycles. The predicted molar refractivity (Wildman–Crippen MR) is 231 cm³/mol. The highest BCUT2D eigenvalue weighted by molar-refractivity contribution is 5.95. The van der Waals surface area contributed by atoms with E-state index in [1.165, 1.54) is 17.0 Å². The lowest BCUT2D eigenvalue weighted by molar-refractivity contribution is -0.155. The van der Waals surface area contributed by atoms with Crippen molar-refractivity contribution in [2.45, 2.75) is 129 Å². The van der Waals surface area contributed by atoms with Gasteiger partial charge in [0.1, 0.15) is 43.0 Å². The zero-order valence-corrected chi connectivity index (χ0v) is 37.0. The van der Waals surface area contributed by atoms with E-state index in [0.717, 1.165) is 17.7 Å². The summed E-state index contributed by atoms with van der Waals surface area (Å²) in [6.45, 7) is 9.08. The summed E-state index contributed by atoms with van der Waals surface area (Å²) in [5, 5.41) is 10.7. The van der Waals surface area contributed by atoms with Gasteiger partial charge in [-0.05, 0) is 87.6 Å². The van der Waals surface area contributed by atoms with E-state index in [1.807, 2.05) is 37.3 Å². The molecule has 4 N–H and O–H groups in total. The predicted octanol–water partition coefficient (Wildman–Crippen LogP) is 6.99. The summed E-state index contributed by atoms with van der Waals surface area (Å²) in [6.07, 6.45) is -4.46. The molecule has 0 radical (unpaired) electrons. The summed E-state index contributed by atoms with van der Waals surface area (Å²) < 4.78 is 56.7. The number of benzene rings is 3. The van der Waals surface area contributed by atoms with Crippen molar-refractivity contribution in [3.8, 4) is 0 Å². The van der Waals surface area contributed by atoms with Crippen molar-refractivity contribution in [1.29, 1.82) is 0 Å². The van der Waals surface area contributed by atoms with Gasteiger partial charge < -0.3 is 40.4 Å². The van der Waals surface area contributed by atoms with Gasteiger partial charge >= 0.3 is 24.3 Å². The van der Waals surface area contributed by atoms with E-state index in [9.17, 15) is 41.9 Å². The molecule has 348 valence electrons. The number of carbonyl (C=O) groups is 6. The van der Waals surface area contributed by atoms with Gasteiger partial charge in [-0.1, -0.05) is 93.1 Å². The molecule has 14 nitrogen and oxygen atoms in total. The van der Waals surface area contributed by atoms with Crippen molar-refractivity contribution in [3.63, 3.8) is 0 Å². The lowest BCUT2D eigenvalue weighted by Crippen LogP contribution is -2.59. The zero-order chi connectivity index (χ0) is 46.9. The van der Waals surface area contributed by atoms with E-state index in [4.69, 9.17) is 14.2 Å². The molecule has 1 aliphatic rings. The van der Waals surface area contributed by atoms with Crippen molar-refractivity contribution in [1.82, 2.24) is 26.2 Å². The number of amides is 5. The van der Waals surface area contributed by atoms with Crippen LogP contribution in [0.1, 0.15) is 95.4 Å². The number of hydrogen-bond acceptors (Lipinski definition) is 9. The number of unbranched alkanes of at least 4 members (excludes halogenated alkanes) is 1. The van der Waals surface area contributed by atoms with E-state index in [-0.39, 0.29) is 44.7 Å². The first kappa shape index (κ1) is 50.5. The maximum Gasteiger partial charge on any atom is 0.416 e. The van der Waals surface area contributed by atoms with Crippen molar-refractivity contribution in [2.24, 2.45) is 5.92 Å². The third-order valence-corrected chi connectivity index (χ3v) is 10.6. The number of likely N-dealkylation sites (tertiary alicyclic amines) is 1. The maximum absolute atomic E-state index is 14.4. The number of alkyl carbamates (subject to hydrolysis) is 2. The molecular weight excluding hydrogens is 836 g/mol. The SMILES string of the molecule is CCC(C)[C@@H](NC(=O)[C@@H](Cc1ccc(C(F)(F)F)cc1)NC(=O)[C@H](CCCCNC(=O)OC(C)(C)C)NC(=O)OCc1ccccc1)C(=O)N1CCC[C@@H]1C(=O)OCc1ccccc1. The van der Waals surface area contributed by atoms with Crippen LogP contribution in [-0.4, -0.2) is 83.6 Å². The van der Waals surface area contributed by atoms with Gasteiger partial charge in [-0.2, -0.15) is 13.2 Å². The second-order valence-corrected chi connectivity index (χ2v) is 16.8. The van der Waals surface area contributed by atoms with Gasteiger partial charge in [0, 0.05) is 19.5 Å². The Hall–Kier alpha value is -6.13.